The lowest BCUT2D eigenvalue weighted by Crippen LogP contribution is -2.53. The number of para-hydroxylation sites is 1. The van der Waals surface area contributed by atoms with Gasteiger partial charge in [-0.2, -0.15) is 0 Å². The molecule has 1 unspecified atom stereocenters. The van der Waals surface area contributed by atoms with Crippen LogP contribution in [0.3, 0.4) is 0 Å². The first kappa shape index (κ1) is 18.5. The zero-order chi connectivity index (χ0) is 17.0. The molecule has 0 radical (unpaired) electrons. The van der Waals surface area contributed by atoms with E-state index >= 15 is 0 Å². The summed E-state index contributed by atoms with van der Waals surface area (Å²) in [5, 5.41) is 10.4. The van der Waals surface area contributed by atoms with Crippen LogP contribution in [0.15, 0.2) is 30.3 Å². The summed E-state index contributed by atoms with van der Waals surface area (Å²) in [6.45, 7) is 5.35. The number of alkyl halides is 1. The molecule has 128 valence electrons. The topological polar surface area (TPSA) is 65.0 Å². The Labute approximate surface area is 150 Å². The van der Waals surface area contributed by atoms with Gasteiger partial charge in [0.2, 0.25) is 6.29 Å². The molecule has 0 aromatic heterocycles. The molecule has 4 atom stereocenters. The maximum atomic E-state index is 12.1. The van der Waals surface area contributed by atoms with Crippen LogP contribution < -0.4 is 4.74 Å². The highest BCUT2D eigenvalue weighted by Crippen LogP contribution is 2.28. The second-order valence-corrected chi connectivity index (χ2v) is 7.49. The highest BCUT2D eigenvalue weighted by Gasteiger charge is 2.42. The normalized spacial score (nSPS) is 28.2. The molecule has 0 bridgehead atoms. The molecule has 0 aliphatic carbocycles. The minimum Gasteiger partial charge on any atom is -0.465 e. The number of ether oxygens (including phenoxy) is 3. The van der Waals surface area contributed by atoms with Crippen LogP contribution in [-0.2, 0) is 14.3 Å². The minimum absolute atomic E-state index is 0.254. The molecular weight excluding hydrogens is 411 g/mol. The van der Waals surface area contributed by atoms with Crippen molar-refractivity contribution < 1.29 is 24.1 Å². The van der Waals surface area contributed by atoms with Crippen LogP contribution in [0.2, 0.25) is 0 Å². The first-order valence-corrected chi connectivity index (χ1v) is 9.16. The highest BCUT2D eigenvalue weighted by molar-refractivity contribution is 14.1. The molecule has 0 amide bonds. The van der Waals surface area contributed by atoms with E-state index in [-0.39, 0.29) is 12.4 Å². The van der Waals surface area contributed by atoms with Crippen molar-refractivity contribution in [1.29, 1.82) is 0 Å². The van der Waals surface area contributed by atoms with Gasteiger partial charge in [-0.25, -0.2) is 0 Å². The molecule has 1 aliphatic rings. The maximum absolute atomic E-state index is 12.1. The maximum Gasteiger partial charge on any atom is 0.311 e. The van der Waals surface area contributed by atoms with Gasteiger partial charge in [0.15, 0.2) is 6.10 Å². The molecule has 1 aliphatic heterocycles. The molecule has 1 saturated heterocycles. The quantitative estimate of drug-likeness (QED) is 0.449. The molecule has 1 fully saturated rings. The number of benzene rings is 1. The van der Waals surface area contributed by atoms with Gasteiger partial charge < -0.3 is 19.3 Å². The van der Waals surface area contributed by atoms with Crippen LogP contribution in [0.1, 0.15) is 27.2 Å². The summed E-state index contributed by atoms with van der Waals surface area (Å²) in [5.41, 5.74) is -0.618. The average molecular weight is 434 g/mol. The fraction of sp³-hybridized carbons (Fsp3) is 0.588. The number of rotatable bonds is 4. The van der Waals surface area contributed by atoms with E-state index in [1.165, 1.54) is 0 Å². The van der Waals surface area contributed by atoms with Gasteiger partial charge in [-0.1, -0.05) is 40.8 Å². The fourth-order valence-corrected chi connectivity index (χ4v) is 2.92. The number of aliphatic hydroxyl groups is 1. The van der Waals surface area contributed by atoms with Gasteiger partial charge >= 0.3 is 5.97 Å². The Morgan fingerprint density at radius 1 is 1.35 bits per heavy atom. The largest absolute Gasteiger partial charge is 0.465 e. The van der Waals surface area contributed by atoms with Crippen LogP contribution in [0, 0.1) is 5.41 Å². The van der Waals surface area contributed by atoms with E-state index in [4.69, 9.17) is 14.2 Å². The average Bonchev–Trinajstić information content (AvgIpc) is 2.49. The lowest BCUT2D eigenvalue weighted by atomic mass is 9.96. The van der Waals surface area contributed by atoms with Crippen LogP contribution in [0.4, 0.5) is 0 Å². The van der Waals surface area contributed by atoms with Gasteiger partial charge in [-0.05, 0) is 32.9 Å². The molecule has 2 rings (SSSR count). The smallest absolute Gasteiger partial charge is 0.311 e. The fourth-order valence-electron chi connectivity index (χ4n) is 2.21. The van der Waals surface area contributed by atoms with Crippen LogP contribution in [0.25, 0.3) is 0 Å². The van der Waals surface area contributed by atoms with E-state index in [1.54, 1.807) is 20.8 Å². The van der Waals surface area contributed by atoms with Crippen molar-refractivity contribution in [3.05, 3.63) is 30.3 Å². The summed E-state index contributed by atoms with van der Waals surface area (Å²) >= 11 is 2.16. The number of hydrogen-bond acceptors (Lipinski definition) is 5. The first-order chi connectivity index (χ1) is 10.8. The molecular formula is C17H23IO5. The lowest BCUT2D eigenvalue weighted by Gasteiger charge is -2.39. The van der Waals surface area contributed by atoms with Crippen molar-refractivity contribution in [3.8, 4) is 5.75 Å². The first-order valence-electron chi connectivity index (χ1n) is 7.63. The van der Waals surface area contributed by atoms with Gasteiger partial charge in [0, 0.05) is 10.8 Å². The Hall–Kier alpha value is -0.860. The molecule has 23 heavy (non-hydrogen) atoms. The summed E-state index contributed by atoms with van der Waals surface area (Å²) in [6, 6.07) is 9.32. The Morgan fingerprint density at radius 3 is 2.57 bits per heavy atom. The Bertz CT molecular complexity index is 513. The molecule has 0 spiro atoms. The summed E-state index contributed by atoms with van der Waals surface area (Å²) in [6.07, 6.45) is -2.20. The van der Waals surface area contributed by atoms with E-state index in [0.29, 0.717) is 10.2 Å². The number of hydrogen-bond donors (Lipinski definition) is 1. The van der Waals surface area contributed by atoms with E-state index < -0.39 is 30.0 Å². The lowest BCUT2D eigenvalue weighted by molar-refractivity contribution is -0.229. The Morgan fingerprint density at radius 2 is 2.00 bits per heavy atom. The van der Waals surface area contributed by atoms with Gasteiger partial charge in [-0.15, -0.1) is 0 Å². The zero-order valence-corrected chi connectivity index (χ0v) is 15.7. The molecule has 0 saturated carbocycles. The van der Waals surface area contributed by atoms with E-state index in [0.717, 1.165) is 0 Å². The monoisotopic (exact) mass is 434 g/mol. The second kappa shape index (κ2) is 7.81. The Kier molecular flexibility index (Phi) is 6.27. The minimum atomic E-state index is -0.816. The summed E-state index contributed by atoms with van der Waals surface area (Å²) in [7, 11) is 0. The number of aliphatic hydroxyl groups excluding tert-OH is 1. The summed E-state index contributed by atoms with van der Waals surface area (Å²) in [4.78, 5) is 12.1. The Balaban J connectivity index is 2.01. The molecule has 1 heterocycles. The van der Waals surface area contributed by atoms with Crippen LogP contribution in [-0.4, -0.2) is 40.1 Å². The standard InChI is InChI=1S/C17H23IO5/c1-17(2,3)16(20)23-15-12(19)9-14(22-13(15)10-18)21-11-7-5-4-6-8-11/h4-8,12-15,19H,9-10H2,1-3H3/t12-,13-,14?,15+/m1/s1. The van der Waals surface area contributed by atoms with Crippen molar-refractivity contribution in [2.75, 3.05) is 4.43 Å². The van der Waals surface area contributed by atoms with Gasteiger partial charge in [0.1, 0.15) is 11.9 Å². The third-order valence-corrected chi connectivity index (χ3v) is 4.39. The van der Waals surface area contributed by atoms with E-state index in [1.807, 2.05) is 30.3 Å². The molecule has 1 aromatic rings. The van der Waals surface area contributed by atoms with E-state index in [2.05, 4.69) is 22.6 Å². The SMILES string of the molecule is CC(C)(C)C(=O)O[C@H]1[C@H](O)CC(Oc2ccccc2)O[C@@H]1CI. The van der Waals surface area contributed by atoms with Gasteiger partial charge in [-0.3, -0.25) is 4.79 Å². The van der Waals surface area contributed by atoms with Crippen LogP contribution >= 0.6 is 22.6 Å². The van der Waals surface area contributed by atoms with Gasteiger partial charge in [0.25, 0.3) is 0 Å². The number of carbonyl (C=O) groups excluding carboxylic acids is 1. The predicted molar refractivity (Wildman–Crippen MR) is 94.6 cm³/mol. The van der Waals surface area contributed by atoms with E-state index in [9.17, 15) is 9.90 Å². The number of esters is 1. The van der Waals surface area contributed by atoms with Crippen molar-refractivity contribution in [1.82, 2.24) is 0 Å². The third kappa shape index (κ3) is 5.06. The molecule has 6 heteroatoms. The number of carbonyl (C=O) groups is 1. The molecule has 1 aromatic carbocycles. The number of halogens is 1. The molecule has 1 N–H and O–H groups in total. The third-order valence-electron chi connectivity index (χ3n) is 3.52. The highest BCUT2D eigenvalue weighted by atomic mass is 127. The second-order valence-electron chi connectivity index (χ2n) is 6.61. The van der Waals surface area contributed by atoms with Crippen molar-refractivity contribution in [2.45, 2.75) is 51.8 Å². The summed E-state index contributed by atoms with van der Waals surface area (Å²) in [5.74, 6) is 0.337. The van der Waals surface area contributed by atoms with Crippen molar-refractivity contribution >= 4 is 28.6 Å². The van der Waals surface area contributed by atoms with Gasteiger partial charge in [0.05, 0.1) is 11.5 Å². The predicted octanol–water partition coefficient (Wildman–Crippen LogP) is 2.93. The van der Waals surface area contributed by atoms with Crippen molar-refractivity contribution in [3.63, 3.8) is 0 Å². The summed E-state index contributed by atoms with van der Waals surface area (Å²) < 4.78 is 17.7. The van der Waals surface area contributed by atoms with Crippen LogP contribution in [0.5, 0.6) is 5.75 Å². The van der Waals surface area contributed by atoms with Crippen molar-refractivity contribution in [2.24, 2.45) is 5.41 Å². The molecule has 5 nitrogen and oxygen atoms in total. The zero-order valence-electron chi connectivity index (χ0n) is 13.6.